The number of nitrogens with zero attached hydrogens (tertiary/aromatic N) is 1. The van der Waals surface area contributed by atoms with Gasteiger partial charge in [-0.15, -0.1) is 0 Å². The van der Waals surface area contributed by atoms with E-state index in [0.29, 0.717) is 22.2 Å². The van der Waals surface area contributed by atoms with E-state index in [1.165, 1.54) is 23.1 Å². The molecule has 36 heavy (non-hydrogen) atoms. The molecule has 3 rings (SSSR count). The van der Waals surface area contributed by atoms with Crippen molar-refractivity contribution < 1.29 is 18.7 Å². The van der Waals surface area contributed by atoms with Crippen LogP contribution in [0, 0.1) is 5.82 Å². The van der Waals surface area contributed by atoms with E-state index in [1.807, 2.05) is 37.3 Å². The maximum atomic E-state index is 14.1. The third kappa shape index (κ3) is 7.97. The molecule has 3 aromatic rings. The van der Waals surface area contributed by atoms with Crippen LogP contribution in [0.25, 0.3) is 0 Å². The van der Waals surface area contributed by atoms with E-state index in [0.717, 1.165) is 18.4 Å². The van der Waals surface area contributed by atoms with Gasteiger partial charge in [-0.1, -0.05) is 85.1 Å². The number of carbonyl (C=O) groups is 2. The zero-order valence-electron chi connectivity index (χ0n) is 20.1. The smallest absolute Gasteiger partial charge is 0.261 e. The van der Waals surface area contributed by atoms with Crippen molar-refractivity contribution in [2.45, 2.75) is 38.8 Å². The van der Waals surface area contributed by atoms with Crippen LogP contribution in [-0.4, -0.2) is 35.9 Å². The van der Waals surface area contributed by atoms with E-state index in [4.69, 9.17) is 27.9 Å². The van der Waals surface area contributed by atoms with Crippen molar-refractivity contribution in [3.63, 3.8) is 0 Å². The van der Waals surface area contributed by atoms with Crippen LogP contribution in [0.4, 0.5) is 4.39 Å². The Kier molecular flexibility index (Phi) is 10.6. The van der Waals surface area contributed by atoms with Crippen molar-refractivity contribution in [3.05, 3.63) is 99.8 Å². The zero-order valence-corrected chi connectivity index (χ0v) is 21.6. The van der Waals surface area contributed by atoms with Crippen molar-refractivity contribution in [1.82, 2.24) is 10.2 Å². The molecule has 1 atom stereocenters. The van der Waals surface area contributed by atoms with Crippen molar-refractivity contribution in [3.8, 4) is 5.75 Å². The van der Waals surface area contributed by atoms with E-state index in [1.54, 1.807) is 24.3 Å². The van der Waals surface area contributed by atoms with Crippen molar-refractivity contribution in [2.24, 2.45) is 0 Å². The van der Waals surface area contributed by atoms with Crippen LogP contribution >= 0.6 is 23.2 Å². The number of halogens is 3. The van der Waals surface area contributed by atoms with Gasteiger partial charge in [-0.05, 0) is 41.8 Å². The van der Waals surface area contributed by atoms with Gasteiger partial charge in [0.05, 0.1) is 0 Å². The number of amides is 2. The first-order chi connectivity index (χ1) is 17.4. The van der Waals surface area contributed by atoms with Gasteiger partial charge in [0.2, 0.25) is 5.91 Å². The molecule has 0 heterocycles. The molecule has 0 aliphatic heterocycles. The molecule has 0 aliphatic carbocycles. The topological polar surface area (TPSA) is 58.6 Å². The predicted molar refractivity (Wildman–Crippen MR) is 141 cm³/mol. The second-order valence-corrected chi connectivity index (χ2v) is 9.17. The first kappa shape index (κ1) is 27.5. The fraction of sp³-hybridized carbons (Fsp3) is 0.286. The third-order valence-corrected chi connectivity index (χ3v) is 6.23. The summed E-state index contributed by atoms with van der Waals surface area (Å²) >= 11 is 12.5. The molecule has 0 unspecified atom stereocenters. The average molecular weight is 531 g/mol. The van der Waals surface area contributed by atoms with Crippen LogP contribution in [0.3, 0.4) is 0 Å². The molecule has 3 aromatic carbocycles. The molecule has 2 amide bonds. The van der Waals surface area contributed by atoms with Gasteiger partial charge in [0, 0.05) is 29.6 Å². The molecular formula is C28H29Cl2FN2O3. The molecule has 0 aliphatic rings. The number of hydrogen-bond acceptors (Lipinski definition) is 3. The van der Waals surface area contributed by atoms with Gasteiger partial charge >= 0.3 is 0 Å². The van der Waals surface area contributed by atoms with Gasteiger partial charge in [0.25, 0.3) is 5.91 Å². The van der Waals surface area contributed by atoms with Gasteiger partial charge in [0.1, 0.15) is 6.04 Å². The molecule has 0 radical (unpaired) electrons. The minimum atomic E-state index is -0.840. The average Bonchev–Trinajstić information content (AvgIpc) is 2.87. The molecule has 8 heteroatoms. The summed E-state index contributed by atoms with van der Waals surface area (Å²) in [5.74, 6) is -1.37. The number of para-hydroxylation sites is 1. The standard InChI is InChI=1S/C28H29Cl2FN2O3/c1-2-3-15-32-28(35)25(16-20-9-5-4-6-10-20)33(18-21-13-14-22(29)17-23(21)30)27(34)19-36-26-12-8-7-11-24(26)31/h4-14,17,25H,2-3,15-16,18-19H2,1H3,(H,32,35)/t25-/m1/s1. The van der Waals surface area contributed by atoms with E-state index < -0.39 is 24.4 Å². The van der Waals surface area contributed by atoms with Crippen LogP contribution in [0.2, 0.25) is 10.0 Å². The van der Waals surface area contributed by atoms with E-state index in [9.17, 15) is 14.0 Å². The quantitative estimate of drug-likeness (QED) is 0.289. The molecule has 0 saturated heterocycles. The van der Waals surface area contributed by atoms with Crippen molar-refractivity contribution >= 4 is 35.0 Å². The summed E-state index contributed by atoms with van der Waals surface area (Å²) in [5, 5.41) is 3.78. The number of unbranched alkanes of at least 4 members (excludes halogenated alkanes) is 1. The fourth-order valence-corrected chi connectivity index (χ4v) is 4.15. The second kappa shape index (κ2) is 13.9. The molecule has 1 N–H and O–H groups in total. The summed E-state index contributed by atoms with van der Waals surface area (Å²) < 4.78 is 19.6. The predicted octanol–water partition coefficient (Wildman–Crippen LogP) is 6.07. The van der Waals surface area contributed by atoms with E-state index in [-0.39, 0.29) is 24.6 Å². The van der Waals surface area contributed by atoms with Gasteiger partial charge in [-0.2, -0.15) is 0 Å². The highest BCUT2D eigenvalue weighted by Gasteiger charge is 2.31. The van der Waals surface area contributed by atoms with Gasteiger partial charge in [0.15, 0.2) is 18.2 Å². The molecular weight excluding hydrogens is 502 g/mol. The van der Waals surface area contributed by atoms with Crippen LogP contribution in [-0.2, 0) is 22.6 Å². The summed E-state index contributed by atoms with van der Waals surface area (Å²) in [7, 11) is 0. The minimum absolute atomic E-state index is 0.0395. The number of hydrogen-bond donors (Lipinski definition) is 1. The van der Waals surface area contributed by atoms with E-state index in [2.05, 4.69) is 5.32 Å². The lowest BCUT2D eigenvalue weighted by Crippen LogP contribution is -2.51. The minimum Gasteiger partial charge on any atom is -0.481 e. The molecule has 190 valence electrons. The van der Waals surface area contributed by atoms with Gasteiger partial charge in [-0.25, -0.2) is 4.39 Å². The van der Waals surface area contributed by atoms with Crippen molar-refractivity contribution in [2.75, 3.05) is 13.2 Å². The van der Waals surface area contributed by atoms with Crippen LogP contribution in [0.15, 0.2) is 72.8 Å². The molecule has 5 nitrogen and oxygen atoms in total. The first-order valence-electron chi connectivity index (χ1n) is 11.8. The lowest BCUT2D eigenvalue weighted by atomic mass is 10.0. The summed E-state index contributed by atoms with van der Waals surface area (Å²) in [6.45, 7) is 2.13. The Labute approximate surface area is 221 Å². The molecule has 0 bridgehead atoms. The Bertz CT molecular complexity index is 1160. The Morgan fingerprint density at radius 2 is 1.75 bits per heavy atom. The first-order valence-corrected chi connectivity index (χ1v) is 12.6. The maximum absolute atomic E-state index is 14.1. The zero-order chi connectivity index (χ0) is 25.9. The lowest BCUT2D eigenvalue weighted by molar-refractivity contribution is -0.142. The van der Waals surface area contributed by atoms with Gasteiger partial charge < -0.3 is 15.0 Å². The Hall–Kier alpha value is -3.09. The SMILES string of the molecule is CCCCNC(=O)[C@@H](Cc1ccccc1)N(Cc1ccc(Cl)cc1Cl)C(=O)COc1ccccc1F. The summed E-state index contributed by atoms with van der Waals surface area (Å²) in [6.07, 6.45) is 2.02. The monoisotopic (exact) mass is 530 g/mol. The van der Waals surface area contributed by atoms with Gasteiger partial charge in [-0.3, -0.25) is 9.59 Å². The van der Waals surface area contributed by atoms with Crippen molar-refractivity contribution in [1.29, 1.82) is 0 Å². The third-order valence-electron chi connectivity index (χ3n) is 5.64. The molecule has 0 fully saturated rings. The highest BCUT2D eigenvalue weighted by atomic mass is 35.5. The second-order valence-electron chi connectivity index (χ2n) is 8.33. The maximum Gasteiger partial charge on any atom is 0.261 e. The number of nitrogens with one attached hydrogen (secondary N) is 1. The molecule has 0 aromatic heterocycles. The number of rotatable bonds is 12. The van der Waals surface area contributed by atoms with Crippen LogP contribution in [0.1, 0.15) is 30.9 Å². The number of carbonyl (C=O) groups excluding carboxylic acids is 2. The Morgan fingerprint density at radius 1 is 1.03 bits per heavy atom. The molecule has 0 saturated carbocycles. The summed E-state index contributed by atoms with van der Waals surface area (Å²) in [4.78, 5) is 28.3. The normalized spacial score (nSPS) is 11.6. The van der Waals surface area contributed by atoms with Crippen LogP contribution in [0.5, 0.6) is 5.75 Å². The number of ether oxygens (including phenoxy) is 1. The molecule has 0 spiro atoms. The largest absolute Gasteiger partial charge is 0.481 e. The Balaban J connectivity index is 1.92. The number of benzene rings is 3. The lowest BCUT2D eigenvalue weighted by Gasteiger charge is -2.31. The Morgan fingerprint density at radius 3 is 2.44 bits per heavy atom. The fourth-order valence-electron chi connectivity index (χ4n) is 3.68. The summed E-state index contributed by atoms with van der Waals surface area (Å²) in [6, 6.07) is 19.5. The van der Waals surface area contributed by atoms with E-state index >= 15 is 0 Å². The highest BCUT2D eigenvalue weighted by molar-refractivity contribution is 6.35. The highest BCUT2D eigenvalue weighted by Crippen LogP contribution is 2.24. The van der Waals surface area contributed by atoms with Crippen LogP contribution < -0.4 is 10.1 Å². The summed E-state index contributed by atoms with van der Waals surface area (Å²) in [5.41, 5.74) is 1.52.